The summed E-state index contributed by atoms with van der Waals surface area (Å²) in [7, 11) is 1.61. The summed E-state index contributed by atoms with van der Waals surface area (Å²) < 4.78 is 16.4. The highest BCUT2D eigenvalue weighted by atomic mass is 16.6. The van der Waals surface area contributed by atoms with Crippen molar-refractivity contribution in [1.82, 2.24) is 0 Å². The van der Waals surface area contributed by atoms with Gasteiger partial charge in [-0.25, -0.2) is 0 Å². The van der Waals surface area contributed by atoms with E-state index in [-0.39, 0.29) is 5.97 Å². The minimum Gasteiger partial charge on any atom is -0.493 e. The molecule has 0 atom stereocenters. The van der Waals surface area contributed by atoms with E-state index in [9.17, 15) is 4.79 Å². The Kier molecular flexibility index (Phi) is 6.90. The van der Waals surface area contributed by atoms with E-state index in [0.29, 0.717) is 19.8 Å². The molecule has 128 valence electrons. The van der Waals surface area contributed by atoms with Crippen LogP contribution in [-0.4, -0.2) is 32.9 Å². The maximum atomic E-state index is 12.9. The molecule has 0 aromatic heterocycles. The Bertz CT molecular complexity index is 492. The molecule has 0 N–H and O–H groups in total. The summed E-state index contributed by atoms with van der Waals surface area (Å²) in [5.74, 6) is 0.682. The van der Waals surface area contributed by atoms with Crippen LogP contribution in [0.2, 0.25) is 0 Å². The lowest BCUT2D eigenvalue weighted by atomic mass is 9.69. The van der Waals surface area contributed by atoms with Crippen molar-refractivity contribution in [2.75, 3.05) is 26.9 Å². The van der Waals surface area contributed by atoms with Gasteiger partial charge >= 0.3 is 5.97 Å². The molecule has 1 aliphatic rings. The number of carbonyl (C=O) groups is 1. The van der Waals surface area contributed by atoms with Crippen LogP contribution in [0.3, 0.4) is 0 Å². The van der Waals surface area contributed by atoms with Crippen LogP contribution in [0.15, 0.2) is 24.3 Å². The largest absolute Gasteiger partial charge is 0.493 e. The van der Waals surface area contributed by atoms with Crippen molar-refractivity contribution in [3.05, 3.63) is 29.8 Å². The lowest BCUT2D eigenvalue weighted by molar-refractivity contribution is -0.153. The fourth-order valence-electron chi connectivity index (χ4n) is 3.29. The second kappa shape index (κ2) is 8.92. The predicted molar refractivity (Wildman–Crippen MR) is 89.8 cm³/mol. The molecule has 0 heterocycles. The fraction of sp³-hybridized carbons (Fsp3) is 0.632. The van der Waals surface area contributed by atoms with E-state index in [0.717, 1.165) is 43.4 Å². The van der Waals surface area contributed by atoms with Gasteiger partial charge in [0.1, 0.15) is 12.4 Å². The molecule has 4 heteroatoms. The molecular formula is C19H28O4. The molecule has 0 unspecified atom stereocenters. The normalized spacial score (nSPS) is 16.8. The molecule has 1 aromatic carbocycles. The zero-order chi connectivity index (χ0) is 16.5. The van der Waals surface area contributed by atoms with Gasteiger partial charge in [-0.1, -0.05) is 44.4 Å². The van der Waals surface area contributed by atoms with Gasteiger partial charge in [0.25, 0.3) is 0 Å². The Morgan fingerprint density at radius 2 is 1.83 bits per heavy atom. The monoisotopic (exact) mass is 320 g/mol. The molecule has 4 nitrogen and oxygen atoms in total. The van der Waals surface area contributed by atoms with E-state index in [2.05, 4.69) is 6.92 Å². The average Bonchev–Trinajstić information content (AvgIpc) is 2.61. The van der Waals surface area contributed by atoms with Crippen molar-refractivity contribution in [3.63, 3.8) is 0 Å². The van der Waals surface area contributed by atoms with Crippen molar-refractivity contribution in [2.45, 2.75) is 50.9 Å². The van der Waals surface area contributed by atoms with Gasteiger partial charge < -0.3 is 14.2 Å². The Morgan fingerprint density at radius 1 is 1.09 bits per heavy atom. The molecular weight excluding hydrogens is 292 g/mol. The maximum Gasteiger partial charge on any atom is 0.316 e. The van der Waals surface area contributed by atoms with Crippen molar-refractivity contribution < 1.29 is 19.0 Å². The molecule has 0 amide bonds. The van der Waals surface area contributed by atoms with Crippen LogP contribution >= 0.6 is 0 Å². The maximum absolute atomic E-state index is 12.9. The number of hydrogen-bond donors (Lipinski definition) is 0. The molecule has 1 fully saturated rings. The van der Waals surface area contributed by atoms with E-state index in [1.165, 1.54) is 6.42 Å². The van der Waals surface area contributed by atoms with Gasteiger partial charge in [-0.05, 0) is 25.3 Å². The first-order chi connectivity index (χ1) is 11.2. The van der Waals surface area contributed by atoms with Crippen LogP contribution in [-0.2, 0) is 19.7 Å². The summed E-state index contributed by atoms with van der Waals surface area (Å²) in [6, 6.07) is 7.92. The van der Waals surface area contributed by atoms with Crippen LogP contribution in [0.5, 0.6) is 5.75 Å². The Balaban J connectivity index is 2.29. The van der Waals surface area contributed by atoms with Crippen molar-refractivity contribution >= 4 is 5.97 Å². The molecule has 1 aromatic rings. The zero-order valence-electron chi connectivity index (χ0n) is 14.3. The van der Waals surface area contributed by atoms with Gasteiger partial charge in [-0.3, -0.25) is 4.79 Å². The van der Waals surface area contributed by atoms with E-state index in [1.54, 1.807) is 7.11 Å². The third-order valence-corrected chi connectivity index (χ3v) is 4.48. The fourth-order valence-corrected chi connectivity index (χ4v) is 3.29. The van der Waals surface area contributed by atoms with Crippen LogP contribution in [0.1, 0.15) is 51.0 Å². The Hall–Kier alpha value is -1.55. The van der Waals surface area contributed by atoms with Crippen LogP contribution < -0.4 is 4.74 Å². The number of para-hydroxylation sites is 1. The van der Waals surface area contributed by atoms with Gasteiger partial charge in [0.15, 0.2) is 0 Å². The SMILES string of the molecule is CCCOc1ccccc1C1(C(=O)OCCOC)CCCCC1. The summed E-state index contributed by atoms with van der Waals surface area (Å²) in [5, 5.41) is 0. The van der Waals surface area contributed by atoms with Gasteiger partial charge in [0.2, 0.25) is 0 Å². The molecule has 23 heavy (non-hydrogen) atoms. The van der Waals surface area contributed by atoms with Gasteiger partial charge in [-0.2, -0.15) is 0 Å². The molecule has 0 saturated heterocycles. The van der Waals surface area contributed by atoms with Crippen molar-refractivity contribution in [3.8, 4) is 5.75 Å². The standard InChI is InChI=1S/C19H28O4/c1-3-13-22-17-10-6-5-9-16(17)19(11-7-4-8-12-19)18(20)23-15-14-21-2/h5-6,9-10H,3-4,7-8,11-15H2,1-2H3. The average molecular weight is 320 g/mol. The van der Waals surface area contributed by atoms with Gasteiger partial charge in [-0.15, -0.1) is 0 Å². The molecule has 0 radical (unpaired) electrons. The highest BCUT2D eigenvalue weighted by Crippen LogP contribution is 2.44. The molecule has 2 rings (SSSR count). The first-order valence-electron chi connectivity index (χ1n) is 8.63. The number of esters is 1. The van der Waals surface area contributed by atoms with E-state index in [4.69, 9.17) is 14.2 Å². The number of carbonyl (C=O) groups excluding carboxylic acids is 1. The molecule has 0 spiro atoms. The van der Waals surface area contributed by atoms with Crippen molar-refractivity contribution in [2.24, 2.45) is 0 Å². The summed E-state index contributed by atoms with van der Waals surface area (Å²) in [6.07, 6.45) is 5.85. The smallest absolute Gasteiger partial charge is 0.316 e. The molecule has 1 aliphatic carbocycles. The van der Waals surface area contributed by atoms with Crippen LogP contribution in [0, 0.1) is 0 Å². The highest BCUT2D eigenvalue weighted by Gasteiger charge is 2.44. The van der Waals surface area contributed by atoms with Gasteiger partial charge in [0, 0.05) is 12.7 Å². The quantitative estimate of drug-likeness (QED) is 0.539. The number of ether oxygens (including phenoxy) is 3. The second-order valence-electron chi connectivity index (χ2n) is 6.12. The number of methoxy groups -OCH3 is 1. The van der Waals surface area contributed by atoms with E-state index >= 15 is 0 Å². The third-order valence-electron chi connectivity index (χ3n) is 4.48. The minimum atomic E-state index is -0.573. The zero-order valence-corrected chi connectivity index (χ0v) is 14.3. The Labute approximate surface area is 139 Å². The molecule has 0 bridgehead atoms. The topological polar surface area (TPSA) is 44.8 Å². The van der Waals surface area contributed by atoms with E-state index < -0.39 is 5.41 Å². The second-order valence-corrected chi connectivity index (χ2v) is 6.12. The number of benzene rings is 1. The molecule has 1 saturated carbocycles. The lowest BCUT2D eigenvalue weighted by Crippen LogP contribution is -2.40. The molecule has 0 aliphatic heterocycles. The summed E-state index contributed by atoms with van der Waals surface area (Å²) in [4.78, 5) is 12.9. The van der Waals surface area contributed by atoms with Crippen LogP contribution in [0.4, 0.5) is 0 Å². The lowest BCUT2D eigenvalue weighted by Gasteiger charge is -2.36. The van der Waals surface area contributed by atoms with Gasteiger partial charge in [0.05, 0.1) is 18.6 Å². The summed E-state index contributed by atoms with van der Waals surface area (Å²) >= 11 is 0. The van der Waals surface area contributed by atoms with E-state index in [1.807, 2.05) is 24.3 Å². The summed E-state index contributed by atoms with van der Waals surface area (Å²) in [6.45, 7) is 3.47. The van der Waals surface area contributed by atoms with Crippen LogP contribution in [0.25, 0.3) is 0 Å². The highest BCUT2D eigenvalue weighted by molar-refractivity contribution is 5.84. The first kappa shape index (κ1) is 17.8. The number of hydrogen-bond acceptors (Lipinski definition) is 4. The number of rotatable bonds is 8. The van der Waals surface area contributed by atoms with Crippen molar-refractivity contribution in [1.29, 1.82) is 0 Å². The predicted octanol–water partition coefficient (Wildman–Crippen LogP) is 3.87. The first-order valence-corrected chi connectivity index (χ1v) is 8.63. The summed E-state index contributed by atoms with van der Waals surface area (Å²) in [5.41, 5.74) is 0.409. The third kappa shape index (κ3) is 4.25. The Morgan fingerprint density at radius 3 is 2.52 bits per heavy atom. The minimum absolute atomic E-state index is 0.137.